The maximum absolute atomic E-state index is 12.7. The minimum Gasteiger partial charge on any atom is -0.756 e. The number of carbonyl (C=O) groups excluding carboxylic acids is 1. The minimum absolute atomic E-state index is 0.00567. The summed E-state index contributed by atoms with van der Waals surface area (Å²) < 4.78 is 22.9. The van der Waals surface area contributed by atoms with E-state index in [1.165, 1.54) is 12.8 Å². The second-order valence-electron chi connectivity index (χ2n) is 13.2. The van der Waals surface area contributed by atoms with Crippen LogP contribution in [0, 0.1) is 0 Å². The molecule has 3 unspecified atom stereocenters. The summed E-state index contributed by atoms with van der Waals surface area (Å²) in [6.07, 6.45) is 34.3. The highest BCUT2D eigenvalue weighted by Gasteiger charge is 2.24. The standard InChI is InChI=1S/C37H69N2O6P/c1-6-8-10-12-13-14-15-16-17-18-19-20-21-22-23-24-25-27-29-31-37(41)38-35(36(40)30-28-26-11-9-7-2)34-45-46(42,43)44-33-32-39(3,4)5/h8,10,13-14,16-17,19-20,35-36,40H,6-7,9,11-12,15,18,21-34H2,1-5H3,(H-,38,41,42,43)/b10-8-,14-13-,17-16-,20-19-. The zero-order chi connectivity index (χ0) is 34.4. The van der Waals surface area contributed by atoms with Crippen molar-refractivity contribution in [1.29, 1.82) is 0 Å². The molecule has 0 aromatic heterocycles. The van der Waals surface area contributed by atoms with E-state index >= 15 is 0 Å². The van der Waals surface area contributed by atoms with Crippen LogP contribution in [0.5, 0.6) is 0 Å². The van der Waals surface area contributed by atoms with Crippen LogP contribution < -0.4 is 10.2 Å². The van der Waals surface area contributed by atoms with Gasteiger partial charge in [0.05, 0.1) is 39.9 Å². The van der Waals surface area contributed by atoms with Gasteiger partial charge in [0.15, 0.2) is 0 Å². The van der Waals surface area contributed by atoms with Crippen LogP contribution in [0.2, 0.25) is 0 Å². The molecule has 0 aliphatic carbocycles. The smallest absolute Gasteiger partial charge is 0.268 e. The quantitative estimate of drug-likeness (QED) is 0.0333. The highest BCUT2D eigenvalue weighted by Crippen LogP contribution is 2.38. The Hall–Kier alpha value is -1.54. The molecule has 0 aromatic carbocycles. The molecule has 8 nitrogen and oxygen atoms in total. The summed E-state index contributed by atoms with van der Waals surface area (Å²) in [6.45, 7) is 4.46. The Morgan fingerprint density at radius 3 is 1.93 bits per heavy atom. The van der Waals surface area contributed by atoms with E-state index in [0.29, 0.717) is 23.9 Å². The maximum Gasteiger partial charge on any atom is 0.268 e. The zero-order valence-electron chi connectivity index (χ0n) is 30.0. The van der Waals surface area contributed by atoms with Crippen LogP contribution in [0.1, 0.15) is 129 Å². The number of allylic oxidation sites excluding steroid dienone is 8. The number of nitrogens with one attached hydrogen (secondary N) is 1. The average molecular weight is 669 g/mol. The van der Waals surface area contributed by atoms with Gasteiger partial charge in [-0.25, -0.2) is 0 Å². The van der Waals surface area contributed by atoms with Crippen LogP contribution >= 0.6 is 7.82 Å². The molecule has 0 fully saturated rings. The van der Waals surface area contributed by atoms with Crippen LogP contribution in [-0.2, 0) is 18.4 Å². The van der Waals surface area contributed by atoms with Crippen molar-refractivity contribution in [3.8, 4) is 0 Å². The summed E-state index contributed by atoms with van der Waals surface area (Å²) in [7, 11) is 1.28. The SMILES string of the molecule is CC/C=C\C/C=C\C/C=C\C/C=C\CCCCCCCCC(=O)NC(COP(=O)([O-])OCC[N+](C)(C)C)C(O)CCCCCCC. The van der Waals surface area contributed by atoms with Gasteiger partial charge in [0, 0.05) is 6.42 Å². The third kappa shape index (κ3) is 31.1. The number of phosphoric acid groups is 1. The first-order valence-corrected chi connectivity index (χ1v) is 19.4. The topological polar surface area (TPSA) is 108 Å². The molecule has 1 amide bonds. The predicted molar refractivity (Wildman–Crippen MR) is 191 cm³/mol. The van der Waals surface area contributed by atoms with Crippen molar-refractivity contribution in [2.75, 3.05) is 40.9 Å². The molecule has 0 spiro atoms. The second kappa shape index (κ2) is 29.6. The van der Waals surface area contributed by atoms with E-state index in [0.717, 1.165) is 89.9 Å². The fourth-order valence-electron chi connectivity index (χ4n) is 4.67. The first kappa shape index (κ1) is 44.5. The van der Waals surface area contributed by atoms with E-state index in [1.54, 1.807) is 0 Å². The molecule has 0 heterocycles. The summed E-state index contributed by atoms with van der Waals surface area (Å²) in [5, 5.41) is 13.6. The third-order valence-corrected chi connectivity index (χ3v) is 8.55. The van der Waals surface area contributed by atoms with Gasteiger partial charge in [-0.05, 0) is 51.4 Å². The Morgan fingerprint density at radius 1 is 0.783 bits per heavy atom. The van der Waals surface area contributed by atoms with Crippen LogP contribution in [0.25, 0.3) is 0 Å². The molecule has 0 saturated carbocycles. The molecule has 9 heteroatoms. The monoisotopic (exact) mass is 668 g/mol. The van der Waals surface area contributed by atoms with E-state index < -0.39 is 20.0 Å². The van der Waals surface area contributed by atoms with Crippen molar-refractivity contribution < 1.29 is 32.9 Å². The number of nitrogens with zero attached hydrogens (tertiary/aromatic N) is 1. The Kier molecular flexibility index (Phi) is 28.6. The van der Waals surface area contributed by atoms with E-state index in [2.05, 4.69) is 67.8 Å². The number of amides is 1. The highest BCUT2D eigenvalue weighted by molar-refractivity contribution is 7.45. The number of hydrogen-bond donors (Lipinski definition) is 2. The summed E-state index contributed by atoms with van der Waals surface area (Å²) in [5.74, 6) is -0.190. The van der Waals surface area contributed by atoms with Crippen molar-refractivity contribution in [1.82, 2.24) is 5.32 Å². The lowest BCUT2D eigenvalue weighted by Gasteiger charge is -2.30. The molecule has 3 atom stereocenters. The van der Waals surface area contributed by atoms with Gasteiger partial charge < -0.3 is 28.8 Å². The molecular weight excluding hydrogens is 599 g/mol. The van der Waals surface area contributed by atoms with Gasteiger partial charge in [-0.2, -0.15) is 0 Å². The normalized spacial score (nSPS) is 15.4. The number of carbonyl (C=O) groups is 1. The van der Waals surface area contributed by atoms with Crippen LogP contribution in [0.15, 0.2) is 48.6 Å². The van der Waals surface area contributed by atoms with E-state index in [-0.39, 0.29) is 19.1 Å². The first-order chi connectivity index (χ1) is 22.0. The minimum atomic E-state index is -4.55. The molecule has 0 aliphatic rings. The Bertz CT molecular complexity index is 897. The number of aliphatic hydroxyl groups is 1. The fourth-order valence-corrected chi connectivity index (χ4v) is 5.40. The van der Waals surface area contributed by atoms with Gasteiger partial charge in [0.25, 0.3) is 7.82 Å². The highest BCUT2D eigenvalue weighted by atomic mass is 31.2. The number of rotatable bonds is 31. The van der Waals surface area contributed by atoms with Crippen molar-refractivity contribution in [3.63, 3.8) is 0 Å². The van der Waals surface area contributed by atoms with Gasteiger partial charge in [-0.1, -0.05) is 120 Å². The van der Waals surface area contributed by atoms with Crippen LogP contribution in [-0.4, -0.2) is 68.5 Å². The van der Waals surface area contributed by atoms with Crippen molar-refractivity contribution in [3.05, 3.63) is 48.6 Å². The second-order valence-corrected chi connectivity index (χ2v) is 14.6. The number of aliphatic hydroxyl groups excluding tert-OH is 1. The number of likely N-dealkylation sites (N-methyl/N-ethyl adjacent to an activating group) is 1. The van der Waals surface area contributed by atoms with Gasteiger partial charge in [-0.3, -0.25) is 9.36 Å². The van der Waals surface area contributed by atoms with E-state index in [1.807, 2.05) is 21.1 Å². The van der Waals surface area contributed by atoms with E-state index in [9.17, 15) is 19.4 Å². The summed E-state index contributed by atoms with van der Waals surface area (Å²) in [5.41, 5.74) is 0. The summed E-state index contributed by atoms with van der Waals surface area (Å²) in [6, 6.07) is -0.804. The Labute approximate surface area is 282 Å². The Balaban J connectivity index is 4.29. The van der Waals surface area contributed by atoms with E-state index in [4.69, 9.17) is 9.05 Å². The number of unbranched alkanes of at least 4 members (excludes halogenated alkanes) is 10. The van der Waals surface area contributed by atoms with Gasteiger partial charge >= 0.3 is 0 Å². The first-order valence-electron chi connectivity index (χ1n) is 18.0. The van der Waals surface area contributed by atoms with Crippen LogP contribution in [0.3, 0.4) is 0 Å². The average Bonchev–Trinajstić information content (AvgIpc) is 2.99. The maximum atomic E-state index is 12.7. The molecule has 0 radical (unpaired) electrons. The van der Waals surface area contributed by atoms with Gasteiger partial charge in [-0.15, -0.1) is 0 Å². The molecule has 46 heavy (non-hydrogen) atoms. The molecule has 0 saturated heterocycles. The molecule has 268 valence electrons. The zero-order valence-corrected chi connectivity index (χ0v) is 30.9. The largest absolute Gasteiger partial charge is 0.756 e. The molecule has 2 N–H and O–H groups in total. The number of quaternary nitrogens is 1. The Morgan fingerprint density at radius 2 is 1.33 bits per heavy atom. The lowest BCUT2D eigenvalue weighted by molar-refractivity contribution is -0.870. The lowest BCUT2D eigenvalue weighted by atomic mass is 10.0. The van der Waals surface area contributed by atoms with Gasteiger partial charge in [0.1, 0.15) is 13.2 Å². The summed E-state index contributed by atoms with van der Waals surface area (Å²) >= 11 is 0. The molecule has 0 aromatic rings. The fraction of sp³-hybridized carbons (Fsp3) is 0.757. The molecule has 0 aliphatic heterocycles. The predicted octanol–water partition coefficient (Wildman–Crippen LogP) is 8.33. The number of hydrogen-bond acceptors (Lipinski definition) is 6. The molecular formula is C37H69N2O6P. The van der Waals surface area contributed by atoms with Crippen LogP contribution in [0.4, 0.5) is 0 Å². The lowest BCUT2D eigenvalue weighted by Crippen LogP contribution is -2.46. The summed E-state index contributed by atoms with van der Waals surface area (Å²) in [4.78, 5) is 25.0. The number of phosphoric ester groups is 1. The van der Waals surface area contributed by atoms with Crippen molar-refractivity contribution >= 4 is 13.7 Å². The van der Waals surface area contributed by atoms with Crippen molar-refractivity contribution in [2.45, 2.75) is 142 Å². The van der Waals surface area contributed by atoms with Gasteiger partial charge in [0.2, 0.25) is 5.91 Å². The molecule has 0 bridgehead atoms. The third-order valence-electron chi connectivity index (χ3n) is 7.58. The molecule has 0 rings (SSSR count). The van der Waals surface area contributed by atoms with Crippen molar-refractivity contribution in [2.24, 2.45) is 0 Å².